The molecule has 0 aliphatic carbocycles. The molecule has 0 saturated carbocycles. The molecule has 3 rings (SSSR count). The lowest BCUT2D eigenvalue weighted by Crippen LogP contribution is -2.52. The molecule has 2 aromatic rings. The normalized spacial score (nSPS) is 20.6. The van der Waals surface area contributed by atoms with Crippen LogP contribution in [0.4, 0.5) is 0 Å². The summed E-state index contributed by atoms with van der Waals surface area (Å²) in [6.45, 7) is 15.3. The van der Waals surface area contributed by atoms with Crippen molar-refractivity contribution in [2.45, 2.75) is 89.7 Å². The molecule has 0 aromatic heterocycles. The predicted molar refractivity (Wildman–Crippen MR) is 149 cm³/mol. The minimum atomic E-state index is -2.03. The summed E-state index contributed by atoms with van der Waals surface area (Å²) in [7, 11) is -2.03. The van der Waals surface area contributed by atoms with E-state index >= 15 is 0 Å². The third kappa shape index (κ3) is 7.29. The van der Waals surface area contributed by atoms with Gasteiger partial charge in [0, 0.05) is 4.47 Å². The van der Waals surface area contributed by atoms with Crippen molar-refractivity contribution in [1.29, 1.82) is 0 Å². The van der Waals surface area contributed by atoms with Gasteiger partial charge in [-0.1, -0.05) is 99.9 Å². The second-order valence-corrected chi connectivity index (χ2v) is 16.7. The van der Waals surface area contributed by atoms with Crippen LogP contribution in [0, 0.1) is 0 Å². The Morgan fingerprint density at radius 3 is 1.97 bits per heavy atom. The SMILES string of the molecule is CC(C)[Si](OC[C@H]1OC=C[C@@H](OCc2ccc(Br)cc2)[C@@H]1OCc1ccccc1)(C(C)C)C(C)C. The fraction of sp³-hybridized carbons (Fsp3) is 0.517. The summed E-state index contributed by atoms with van der Waals surface area (Å²) in [5, 5.41) is 0. The monoisotopic (exact) mass is 560 g/mol. The summed E-state index contributed by atoms with van der Waals surface area (Å²) in [6, 6.07) is 18.5. The van der Waals surface area contributed by atoms with Crippen molar-refractivity contribution < 1.29 is 18.6 Å². The second kappa shape index (κ2) is 13.2. The third-order valence-electron chi connectivity index (χ3n) is 7.06. The molecule has 0 saturated heterocycles. The van der Waals surface area contributed by atoms with Gasteiger partial charge in [0.25, 0.3) is 0 Å². The minimum Gasteiger partial charge on any atom is -0.493 e. The number of halogens is 1. The van der Waals surface area contributed by atoms with Crippen LogP contribution in [0.3, 0.4) is 0 Å². The maximum atomic E-state index is 6.90. The molecule has 0 unspecified atom stereocenters. The molecule has 3 atom stereocenters. The number of hydrogen-bond donors (Lipinski definition) is 0. The average Bonchev–Trinajstić information content (AvgIpc) is 2.83. The molecule has 4 nitrogen and oxygen atoms in total. The van der Waals surface area contributed by atoms with Gasteiger partial charge in [-0.15, -0.1) is 0 Å². The number of rotatable bonds is 12. The fourth-order valence-corrected chi connectivity index (χ4v) is 11.1. The Hall–Kier alpha value is -1.44. The van der Waals surface area contributed by atoms with Gasteiger partial charge in [-0.05, 0) is 46.0 Å². The molecular weight excluding hydrogens is 520 g/mol. The Morgan fingerprint density at radius 2 is 1.37 bits per heavy atom. The molecule has 1 aliphatic heterocycles. The molecule has 0 N–H and O–H groups in total. The van der Waals surface area contributed by atoms with Crippen LogP contribution in [0.2, 0.25) is 16.6 Å². The van der Waals surface area contributed by atoms with E-state index in [9.17, 15) is 0 Å². The van der Waals surface area contributed by atoms with Crippen molar-refractivity contribution in [3.63, 3.8) is 0 Å². The van der Waals surface area contributed by atoms with Crippen molar-refractivity contribution in [3.8, 4) is 0 Å². The first-order chi connectivity index (χ1) is 16.7. The maximum absolute atomic E-state index is 6.90. The van der Waals surface area contributed by atoms with Crippen LogP contribution in [0.5, 0.6) is 0 Å². The molecule has 1 heterocycles. The maximum Gasteiger partial charge on any atom is 0.200 e. The second-order valence-electron chi connectivity index (χ2n) is 10.3. The van der Waals surface area contributed by atoms with E-state index in [0.29, 0.717) is 36.4 Å². The zero-order valence-corrected chi connectivity index (χ0v) is 24.5. The molecule has 0 bridgehead atoms. The van der Waals surface area contributed by atoms with Crippen molar-refractivity contribution in [2.24, 2.45) is 0 Å². The van der Waals surface area contributed by atoms with Crippen molar-refractivity contribution in [2.75, 3.05) is 6.61 Å². The van der Waals surface area contributed by atoms with Gasteiger partial charge in [0.15, 0.2) is 0 Å². The van der Waals surface area contributed by atoms with Gasteiger partial charge < -0.3 is 18.6 Å². The van der Waals surface area contributed by atoms with Crippen molar-refractivity contribution in [1.82, 2.24) is 0 Å². The van der Waals surface area contributed by atoms with E-state index in [4.69, 9.17) is 18.6 Å². The Balaban J connectivity index is 1.76. The summed E-state index contributed by atoms with van der Waals surface area (Å²) < 4.78 is 26.9. The standard InChI is InChI=1S/C29H41BrO4Si/c1-21(2)35(22(3)4,23(5)6)34-20-28-29(33-19-24-10-8-7-9-11-24)27(16-17-31-28)32-18-25-12-14-26(30)15-13-25/h7-17,21-23,27-29H,18-20H2,1-6H3/t27-,28-,29+/m1/s1. The molecule has 1 aliphatic rings. The fourth-order valence-electron chi connectivity index (χ4n) is 5.38. The lowest BCUT2D eigenvalue weighted by molar-refractivity contribution is -0.139. The van der Waals surface area contributed by atoms with Crippen LogP contribution in [-0.4, -0.2) is 33.2 Å². The summed E-state index contributed by atoms with van der Waals surface area (Å²) in [5.41, 5.74) is 3.77. The summed E-state index contributed by atoms with van der Waals surface area (Å²) >= 11 is 3.50. The highest BCUT2D eigenvalue weighted by molar-refractivity contribution is 9.10. The molecule has 0 radical (unpaired) electrons. The Morgan fingerprint density at radius 1 is 0.800 bits per heavy atom. The first-order valence-corrected chi connectivity index (χ1v) is 15.6. The summed E-state index contributed by atoms with van der Waals surface area (Å²) in [5.74, 6) is 0. The van der Waals surface area contributed by atoms with Crippen molar-refractivity contribution >= 4 is 24.2 Å². The van der Waals surface area contributed by atoms with Crippen LogP contribution in [-0.2, 0) is 31.9 Å². The Kier molecular flexibility index (Phi) is 10.6. The number of hydrogen-bond acceptors (Lipinski definition) is 4. The topological polar surface area (TPSA) is 36.9 Å². The molecule has 2 aromatic carbocycles. The van der Waals surface area contributed by atoms with E-state index in [1.54, 1.807) is 6.26 Å². The quantitative estimate of drug-likeness (QED) is 0.246. The highest BCUT2D eigenvalue weighted by Gasteiger charge is 2.46. The van der Waals surface area contributed by atoms with Crippen LogP contribution in [0.15, 0.2) is 71.4 Å². The van der Waals surface area contributed by atoms with E-state index in [1.807, 2.05) is 36.4 Å². The molecule has 35 heavy (non-hydrogen) atoms. The van der Waals surface area contributed by atoms with Gasteiger partial charge in [-0.2, -0.15) is 0 Å². The Labute approximate surface area is 221 Å². The van der Waals surface area contributed by atoms with Crippen LogP contribution in [0.1, 0.15) is 52.7 Å². The highest BCUT2D eigenvalue weighted by atomic mass is 79.9. The molecule has 0 fully saturated rings. The van der Waals surface area contributed by atoms with E-state index < -0.39 is 8.32 Å². The lowest BCUT2D eigenvalue weighted by atomic mass is 10.1. The van der Waals surface area contributed by atoms with E-state index in [-0.39, 0.29) is 18.3 Å². The van der Waals surface area contributed by atoms with Gasteiger partial charge in [-0.25, -0.2) is 0 Å². The van der Waals surface area contributed by atoms with Crippen LogP contribution < -0.4 is 0 Å². The van der Waals surface area contributed by atoms with E-state index in [2.05, 4.69) is 81.7 Å². The first kappa shape index (κ1) is 28.1. The van der Waals surface area contributed by atoms with Gasteiger partial charge in [-0.3, -0.25) is 0 Å². The Bertz CT molecular complexity index is 892. The summed E-state index contributed by atoms with van der Waals surface area (Å²) in [6.07, 6.45) is 2.99. The van der Waals surface area contributed by atoms with Gasteiger partial charge >= 0.3 is 0 Å². The molecule has 6 heteroatoms. The highest BCUT2D eigenvalue weighted by Crippen LogP contribution is 2.42. The van der Waals surface area contributed by atoms with Crippen LogP contribution >= 0.6 is 15.9 Å². The zero-order chi connectivity index (χ0) is 25.4. The summed E-state index contributed by atoms with van der Waals surface area (Å²) in [4.78, 5) is 0. The number of benzene rings is 2. The smallest absolute Gasteiger partial charge is 0.200 e. The molecule has 0 spiro atoms. The molecular formula is C29H41BrO4Si. The van der Waals surface area contributed by atoms with Crippen LogP contribution in [0.25, 0.3) is 0 Å². The molecule has 192 valence electrons. The van der Waals surface area contributed by atoms with Gasteiger partial charge in [0.05, 0.1) is 26.1 Å². The first-order valence-electron chi connectivity index (χ1n) is 12.7. The zero-order valence-electron chi connectivity index (χ0n) is 21.9. The largest absolute Gasteiger partial charge is 0.493 e. The minimum absolute atomic E-state index is 0.224. The van der Waals surface area contributed by atoms with E-state index in [0.717, 1.165) is 15.6 Å². The van der Waals surface area contributed by atoms with E-state index in [1.165, 1.54) is 0 Å². The third-order valence-corrected chi connectivity index (χ3v) is 13.7. The van der Waals surface area contributed by atoms with Crippen molar-refractivity contribution in [3.05, 3.63) is 82.5 Å². The predicted octanol–water partition coefficient (Wildman–Crippen LogP) is 8.02. The average molecular weight is 562 g/mol. The molecule has 0 amide bonds. The lowest BCUT2D eigenvalue weighted by Gasteiger charge is -2.44. The van der Waals surface area contributed by atoms with Gasteiger partial charge in [0.2, 0.25) is 8.32 Å². The van der Waals surface area contributed by atoms with Gasteiger partial charge in [0.1, 0.15) is 18.3 Å². The number of ether oxygens (including phenoxy) is 3.